The molecule has 0 aromatic carbocycles. The van der Waals surface area contributed by atoms with Crippen LogP contribution in [0.25, 0.3) is 0 Å². The van der Waals surface area contributed by atoms with Crippen molar-refractivity contribution in [2.45, 2.75) is 33.2 Å². The van der Waals surface area contributed by atoms with Crippen molar-refractivity contribution < 1.29 is 4.79 Å². The van der Waals surface area contributed by atoms with Crippen molar-refractivity contribution in [1.29, 1.82) is 0 Å². The van der Waals surface area contributed by atoms with Crippen molar-refractivity contribution in [3.63, 3.8) is 0 Å². The molecule has 1 aliphatic heterocycles. The molecule has 1 fully saturated rings. The molecule has 1 rings (SSSR count). The number of hydrogen-bond acceptors (Lipinski definition) is 3. The lowest BCUT2D eigenvalue weighted by Gasteiger charge is -2.35. The Labute approximate surface area is 98.8 Å². The first-order valence-electron chi connectivity index (χ1n) is 6.37. The van der Waals surface area contributed by atoms with Gasteiger partial charge in [0.05, 0.1) is 0 Å². The first kappa shape index (κ1) is 13.5. The predicted molar refractivity (Wildman–Crippen MR) is 66.4 cm³/mol. The lowest BCUT2D eigenvalue weighted by atomic mass is 10.1. The zero-order chi connectivity index (χ0) is 12.0. The molecule has 1 saturated heterocycles. The molecular formula is C12H25N3O. The molecule has 0 radical (unpaired) electrons. The van der Waals surface area contributed by atoms with E-state index in [1.54, 1.807) is 0 Å². The minimum absolute atomic E-state index is 0.0208. The Morgan fingerprint density at radius 1 is 1.56 bits per heavy atom. The molecule has 0 aromatic rings. The fraction of sp³-hybridized carbons (Fsp3) is 0.917. The molecule has 4 nitrogen and oxygen atoms in total. The van der Waals surface area contributed by atoms with Gasteiger partial charge in [-0.15, -0.1) is 0 Å². The first-order valence-corrected chi connectivity index (χ1v) is 6.37. The lowest BCUT2D eigenvalue weighted by molar-refractivity contribution is -0.127. The molecule has 1 aliphatic rings. The second kappa shape index (κ2) is 6.86. The maximum Gasteiger partial charge on any atom is 0.238 e. The van der Waals surface area contributed by atoms with Gasteiger partial charge in [0.15, 0.2) is 0 Å². The molecule has 16 heavy (non-hydrogen) atoms. The largest absolute Gasteiger partial charge is 0.355 e. The summed E-state index contributed by atoms with van der Waals surface area (Å²) in [7, 11) is 0. The quantitative estimate of drug-likeness (QED) is 0.716. The van der Waals surface area contributed by atoms with Crippen molar-refractivity contribution in [2.75, 3.05) is 32.7 Å². The Bertz CT molecular complexity index is 218. The summed E-state index contributed by atoms with van der Waals surface area (Å²) in [6.45, 7) is 10.9. The van der Waals surface area contributed by atoms with Crippen molar-refractivity contribution >= 4 is 5.91 Å². The van der Waals surface area contributed by atoms with E-state index in [9.17, 15) is 4.79 Å². The average molecular weight is 227 g/mol. The minimum atomic E-state index is 0.0208. The fourth-order valence-corrected chi connectivity index (χ4v) is 1.99. The van der Waals surface area contributed by atoms with Crippen LogP contribution in [0, 0.1) is 5.92 Å². The number of nitrogens with zero attached hydrogens (tertiary/aromatic N) is 1. The summed E-state index contributed by atoms with van der Waals surface area (Å²) in [6, 6.07) is 0.0208. The summed E-state index contributed by atoms with van der Waals surface area (Å²) in [4.78, 5) is 14.2. The van der Waals surface area contributed by atoms with E-state index in [4.69, 9.17) is 0 Å². The van der Waals surface area contributed by atoms with E-state index in [1.807, 2.05) is 6.92 Å². The molecule has 0 spiro atoms. The summed E-state index contributed by atoms with van der Waals surface area (Å²) in [5, 5.41) is 6.20. The van der Waals surface area contributed by atoms with E-state index in [0.717, 1.165) is 32.6 Å². The zero-order valence-electron chi connectivity index (χ0n) is 10.8. The van der Waals surface area contributed by atoms with Crippen LogP contribution in [0.1, 0.15) is 27.2 Å². The van der Waals surface area contributed by atoms with Crippen molar-refractivity contribution in [2.24, 2.45) is 5.92 Å². The van der Waals surface area contributed by atoms with Gasteiger partial charge in [0, 0.05) is 26.2 Å². The summed E-state index contributed by atoms with van der Waals surface area (Å²) >= 11 is 0. The molecule has 1 unspecified atom stereocenters. The van der Waals surface area contributed by atoms with E-state index in [2.05, 4.69) is 29.4 Å². The van der Waals surface area contributed by atoms with Gasteiger partial charge in [0.1, 0.15) is 6.04 Å². The second-order valence-corrected chi connectivity index (χ2v) is 4.83. The number of carbonyl (C=O) groups excluding carboxylic acids is 1. The molecular weight excluding hydrogens is 202 g/mol. The van der Waals surface area contributed by atoms with Crippen LogP contribution in [-0.4, -0.2) is 49.6 Å². The van der Waals surface area contributed by atoms with Gasteiger partial charge in [0.2, 0.25) is 5.91 Å². The maximum atomic E-state index is 11.9. The third-order valence-corrected chi connectivity index (χ3v) is 3.00. The highest BCUT2D eigenvalue weighted by atomic mass is 16.2. The Hall–Kier alpha value is -0.610. The predicted octanol–water partition coefficient (Wildman–Crippen LogP) is 0.442. The monoisotopic (exact) mass is 227 g/mol. The zero-order valence-corrected chi connectivity index (χ0v) is 10.8. The number of amides is 1. The van der Waals surface area contributed by atoms with Crippen LogP contribution >= 0.6 is 0 Å². The van der Waals surface area contributed by atoms with Crippen molar-refractivity contribution in [1.82, 2.24) is 15.5 Å². The highest BCUT2D eigenvalue weighted by Crippen LogP contribution is 2.08. The molecule has 2 N–H and O–H groups in total. The number of nitrogens with one attached hydrogen (secondary N) is 2. The van der Waals surface area contributed by atoms with Gasteiger partial charge in [0.25, 0.3) is 0 Å². The summed E-state index contributed by atoms with van der Waals surface area (Å²) in [5.74, 6) is 0.864. The van der Waals surface area contributed by atoms with E-state index in [0.29, 0.717) is 12.5 Å². The Kier molecular flexibility index (Phi) is 5.77. The number of hydrogen-bond donors (Lipinski definition) is 2. The first-order chi connectivity index (χ1) is 7.65. The standard InChI is InChI=1S/C12H25N3O/c1-4-14-12(16)11-9-13-6-8-15(11)7-5-10(2)3/h10-11,13H,4-9H2,1-3H3,(H,14,16). The van der Waals surface area contributed by atoms with Gasteiger partial charge in [-0.25, -0.2) is 0 Å². The highest BCUT2D eigenvalue weighted by Gasteiger charge is 2.27. The van der Waals surface area contributed by atoms with Crippen LogP contribution in [0.2, 0.25) is 0 Å². The van der Waals surface area contributed by atoms with Crippen LogP contribution in [-0.2, 0) is 4.79 Å². The maximum absolute atomic E-state index is 11.9. The van der Waals surface area contributed by atoms with E-state index < -0.39 is 0 Å². The summed E-state index contributed by atoms with van der Waals surface area (Å²) in [6.07, 6.45) is 1.16. The molecule has 1 heterocycles. The van der Waals surface area contributed by atoms with Crippen LogP contribution in [0.3, 0.4) is 0 Å². The van der Waals surface area contributed by atoms with E-state index in [1.165, 1.54) is 0 Å². The third kappa shape index (κ3) is 4.10. The molecule has 94 valence electrons. The summed E-state index contributed by atoms with van der Waals surface area (Å²) < 4.78 is 0. The number of rotatable bonds is 5. The topological polar surface area (TPSA) is 44.4 Å². The molecule has 0 aromatic heterocycles. The van der Waals surface area contributed by atoms with Gasteiger partial charge in [-0.1, -0.05) is 13.8 Å². The molecule has 1 amide bonds. The molecule has 0 bridgehead atoms. The number of piperazine rings is 1. The van der Waals surface area contributed by atoms with Gasteiger partial charge >= 0.3 is 0 Å². The van der Waals surface area contributed by atoms with Gasteiger partial charge in [-0.2, -0.15) is 0 Å². The minimum Gasteiger partial charge on any atom is -0.355 e. The molecule has 0 aliphatic carbocycles. The van der Waals surface area contributed by atoms with Crippen LogP contribution in [0.5, 0.6) is 0 Å². The number of carbonyl (C=O) groups is 1. The van der Waals surface area contributed by atoms with Crippen LogP contribution in [0.15, 0.2) is 0 Å². The Morgan fingerprint density at radius 3 is 2.94 bits per heavy atom. The molecule has 0 saturated carbocycles. The Balaban J connectivity index is 2.46. The van der Waals surface area contributed by atoms with Gasteiger partial charge < -0.3 is 10.6 Å². The molecule has 4 heteroatoms. The van der Waals surface area contributed by atoms with Crippen molar-refractivity contribution in [3.8, 4) is 0 Å². The summed E-state index contributed by atoms with van der Waals surface area (Å²) in [5.41, 5.74) is 0. The van der Waals surface area contributed by atoms with E-state index in [-0.39, 0.29) is 11.9 Å². The van der Waals surface area contributed by atoms with E-state index >= 15 is 0 Å². The van der Waals surface area contributed by atoms with Gasteiger partial charge in [-0.3, -0.25) is 9.69 Å². The lowest BCUT2D eigenvalue weighted by Crippen LogP contribution is -2.58. The molecule has 1 atom stereocenters. The van der Waals surface area contributed by atoms with Gasteiger partial charge in [-0.05, 0) is 25.8 Å². The Morgan fingerprint density at radius 2 is 2.31 bits per heavy atom. The third-order valence-electron chi connectivity index (χ3n) is 3.00. The fourth-order valence-electron chi connectivity index (χ4n) is 1.99. The smallest absolute Gasteiger partial charge is 0.238 e. The van der Waals surface area contributed by atoms with Crippen LogP contribution < -0.4 is 10.6 Å². The highest BCUT2D eigenvalue weighted by molar-refractivity contribution is 5.82. The normalized spacial score (nSPS) is 22.4. The van der Waals surface area contributed by atoms with Crippen molar-refractivity contribution in [3.05, 3.63) is 0 Å². The average Bonchev–Trinajstić information content (AvgIpc) is 2.27. The second-order valence-electron chi connectivity index (χ2n) is 4.83. The number of likely N-dealkylation sites (N-methyl/N-ethyl adjacent to an activating group) is 1. The van der Waals surface area contributed by atoms with Crippen LogP contribution in [0.4, 0.5) is 0 Å². The SMILES string of the molecule is CCNC(=O)C1CNCCN1CCC(C)C.